The standard InChI is InChI=1S/C19H22N4O2/c1-4-15-7-5-6-8-17(15)25-12-11-22(3)19(24)16-13-20-18-9-10-21-23(18)14(16)2/h5-10,13H,4,11-12H2,1-3H3. The summed E-state index contributed by atoms with van der Waals surface area (Å²) in [5.41, 5.74) is 3.23. The van der Waals surface area contributed by atoms with E-state index in [2.05, 4.69) is 23.1 Å². The summed E-state index contributed by atoms with van der Waals surface area (Å²) in [5, 5.41) is 4.20. The van der Waals surface area contributed by atoms with Crippen molar-refractivity contribution in [1.29, 1.82) is 0 Å². The van der Waals surface area contributed by atoms with E-state index in [-0.39, 0.29) is 5.91 Å². The lowest BCUT2D eigenvalue weighted by Crippen LogP contribution is -2.32. The number of aromatic nitrogens is 3. The van der Waals surface area contributed by atoms with Gasteiger partial charge in [-0.25, -0.2) is 9.50 Å². The number of nitrogens with zero attached hydrogens (tertiary/aromatic N) is 4. The lowest BCUT2D eigenvalue weighted by molar-refractivity contribution is 0.0771. The van der Waals surface area contributed by atoms with Crippen molar-refractivity contribution in [3.63, 3.8) is 0 Å². The first kappa shape index (κ1) is 17.0. The van der Waals surface area contributed by atoms with Gasteiger partial charge in [0, 0.05) is 19.3 Å². The van der Waals surface area contributed by atoms with Gasteiger partial charge in [0.15, 0.2) is 5.65 Å². The van der Waals surface area contributed by atoms with E-state index in [1.807, 2.05) is 31.2 Å². The van der Waals surface area contributed by atoms with Gasteiger partial charge in [0.2, 0.25) is 0 Å². The molecule has 0 spiro atoms. The highest BCUT2D eigenvalue weighted by molar-refractivity contribution is 5.95. The number of hydrogen-bond donors (Lipinski definition) is 0. The van der Waals surface area contributed by atoms with Crippen LogP contribution in [0.4, 0.5) is 0 Å². The second-order valence-electron chi connectivity index (χ2n) is 5.89. The Hall–Kier alpha value is -2.89. The van der Waals surface area contributed by atoms with Gasteiger partial charge in [-0.15, -0.1) is 0 Å². The van der Waals surface area contributed by atoms with Crippen LogP contribution in [0.1, 0.15) is 28.5 Å². The lowest BCUT2D eigenvalue weighted by atomic mass is 10.1. The molecule has 0 aliphatic carbocycles. The number of carbonyl (C=O) groups excluding carboxylic acids is 1. The van der Waals surface area contributed by atoms with Gasteiger partial charge in [0.25, 0.3) is 5.91 Å². The van der Waals surface area contributed by atoms with Crippen LogP contribution >= 0.6 is 0 Å². The first-order chi connectivity index (χ1) is 12.1. The minimum Gasteiger partial charge on any atom is -0.491 e. The molecule has 6 nitrogen and oxygen atoms in total. The number of rotatable bonds is 6. The van der Waals surface area contributed by atoms with Crippen LogP contribution in [0.25, 0.3) is 5.65 Å². The molecule has 0 atom stereocenters. The molecule has 0 fully saturated rings. The number of aryl methyl sites for hydroxylation is 2. The number of likely N-dealkylation sites (N-methyl/N-ethyl adjacent to an activating group) is 1. The van der Waals surface area contributed by atoms with Crippen molar-refractivity contribution in [2.45, 2.75) is 20.3 Å². The van der Waals surface area contributed by atoms with Crippen molar-refractivity contribution in [1.82, 2.24) is 19.5 Å². The van der Waals surface area contributed by atoms with Gasteiger partial charge < -0.3 is 9.64 Å². The zero-order valence-electron chi connectivity index (χ0n) is 14.8. The van der Waals surface area contributed by atoms with E-state index in [1.54, 1.807) is 28.9 Å². The van der Waals surface area contributed by atoms with Crippen LogP contribution in [0.2, 0.25) is 0 Å². The van der Waals surface area contributed by atoms with Gasteiger partial charge in [-0.2, -0.15) is 5.10 Å². The van der Waals surface area contributed by atoms with Crippen LogP contribution in [0.3, 0.4) is 0 Å². The first-order valence-corrected chi connectivity index (χ1v) is 8.37. The lowest BCUT2D eigenvalue weighted by Gasteiger charge is -2.19. The number of fused-ring (bicyclic) bond motifs is 1. The first-order valence-electron chi connectivity index (χ1n) is 8.37. The predicted octanol–water partition coefficient (Wildman–Crippen LogP) is 2.75. The molecule has 1 aromatic carbocycles. The summed E-state index contributed by atoms with van der Waals surface area (Å²) in [5.74, 6) is 0.788. The van der Waals surface area contributed by atoms with E-state index in [9.17, 15) is 4.79 Å². The molecule has 0 unspecified atom stereocenters. The zero-order valence-corrected chi connectivity index (χ0v) is 14.8. The predicted molar refractivity (Wildman–Crippen MR) is 96.0 cm³/mol. The minimum atomic E-state index is -0.0882. The van der Waals surface area contributed by atoms with Crippen molar-refractivity contribution in [3.05, 3.63) is 59.5 Å². The quantitative estimate of drug-likeness (QED) is 0.693. The van der Waals surface area contributed by atoms with Crippen molar-refractivity contribution < 1.29 is 9.53 Å². The van der Waals surface area contributed by atoms with E-state index in [0.29, 0.717) is 18.7 Å². The summed E-state index contributed by atoms with van der Waals surface area (Å²) < 4.78 is 7.52. The number of ether oxygens (including phenoxy) is 1. The van der Waals surface area contributed by atoms with Crippen molar-refractivity contribution >= 4 is 11.6 Å². The largest absolute Gasteiger partial charge is 0.491 e. The minimum absolute atomic E-state index is 0.0882. The maximum absolute atomic E-state index is 12.7. The van der Waals surface area contributed by atoms with Crippen LogP contribution in [-0.4, -0.2) is 45.6 Å². The summed E-state index contributed by atoms with van der Waals surface area (Å²) in [4.78, 5) is 18.6. The van der Waals surface area contributed by atoms with E-state index in [4.69, 9.17) is 4.74 Å². The highest BCUT2D eigenvalue weighted by Gasteiger charge is 2.17. The average Bonchev–Trinajstić information content (AvgIpc) is 3.11. The topological polar surface area (TPSA) is 59.7 Å². The molecule has 0 saturated heterocycles. The third-order valence-corrected chi connectivity index (χ3v) is 4.27. The molecule has 2 heterocycles. The van der Waals surface area contributed by atoms with Crippen LogP contribution in [0, 0.1) is 6.92 Å². The van der Waals surface area contributed by atoms with Gasteiger partial charge in [0.1, 0.15) is 12.4 Å². The molecule has 0 aliphatic heterocycles. The number of benzene rings is 1. The van der Waals surface area contributed by atoms with Gasteiger partial charge in [0.05, 0.1) is 24.0 Å². The average molecular weight is 338 g/mol. The second kappa shape index (κ2) is 7.34. The Morgan fingerprint density at radius 3 is 2.88 bits per heavy atom. The molecule has 130 valence electrons. The molecule has 3 rings (SSSR count). The van der Waals surface area contributed by atoms with Crippen molar-refractivity contribution in [2.75, 3.05) is 20.2 Å². The Bertz CT molecular complexity index is 888. The Labute approximate surface area is 147 Å². The van der Waals surface area contributed by atoms with E-state index in [1.165, 1.54) is 5.56 Å². The molecule has 3 aromatic rings. The van der Waals surface area contributed by atoms with Crippen molar-refractivity contribution in [2.24, 2.45) is 0 Å². The SMILES string of the molecule is CCc1ccccc1OCCN(C)C(=O)c1cnc2ccnn2c1C. The molecule has 0 saturated carbocycles. The monoisotopic (exact) mass is 338 g/mol. The molecular formula is C19H22N4O2. The molecule has 2 aromatic heterocycles. The Balaban J connectivity index is 1.65. The molecular weight excluding hydrogens is 316 g/mol. The number of hydrogen-bond acceptors (Lipinski definition) is 4. The highest BCUT2D eigenvalue weighted by atomic mass is 16.5. The van der Waals surface area contributed by atoms with Crippen LogP contribution in [-0.2, 0) is 6.42 Å². The Morgan fingerprint density at radius 2 is 2.08 bits per heavy atom. The summed E-state index contributed by atoms with van der Waals surface area (Å²) in [7, 11) is 1.77. The number of amides is 1. The van der Waals surface area contributed by atoms with Crippen LogP contribution in [0.5, 0.6) is 5.75 Å². The van der Waals surface area contributed by atoms with Gasteiger partial charge in [-0.05, 0) is 25.0 Å². The van der Waals surface area contributed by atoms with E-state index >= 15 is 0 Å². The van der Waals surface area contributed by atoms with E-state index < -0.39 is 0 Å². The maximum Gasteiger partial charge on any atom is 0.257 e. The fourth-order valence-electron chi connectivity index (χ4n) is 2.74. The van der Waals surface area contributed by atoms with Gasteiger partial charge >= 0.3 is 0 Å². The zero-order chi connectivity index (χ0) is 17.8. The van der Waals surface area contributed by atoms with Gasteiger partial charge in [-0.1, -0.05) is 25.1 Å². The van der Waals surface area contributed by atoms with Gasteiger partial charge in [-0.3, -0.25) is 4.79 Å². The molecule has 1 amide bonds. The summed E-state index contributed by atoms with van der Waals surface area (Å²) in [6.45, 7) is 4.90. The third-order valence-electron chi connectivity index (χ3n) is 4.27. The Kier molecular flexibility index (Phi) is 4.97. The summed E-state index contributed by atoms with van der Waals surface area (Å²) >= 11 is 0. The second-order valence-corrected chi connectivity index (χ2v) is 5.89. The Morgan fingerprint density at radius 1 is 1.28 bits per heavy atom. The smallest absolute Gasteiger partial charge is 0.257 e. The van der Waals surface area contributed by atoms with Crippen LogP contribution in [0.15, 0.2) is 42.7 Å². The normalized spacial score (nSPS) is 10.8. The van der Waals surface area contributed by atoms with Crippen molar-refractivity contribution in [3.8, 4) is 5.75 Å². The third kappa shape index (κ3) is 3.47. The molecule has 0 N–H and O–H groups in total. The van der Waals surface area contributed by atoms with E-state index in [0.717, 1.165) is 23.5 Å². The molecule has 6 heteroatoms. The number of carbonyl (C=O) groups is 1. The van der Waals surface area contributed by atoms with Crippen LogP contribution < -0.4 is 4.74 Å². The number of para-hydroxylation sites is 1. The molecule has 25 heavy (non-hydrogen) atoms. The fourth-order valence-corrected chi connectivity index (χ4v) is 2.74. The summed E-state index contributed by atoms with van der Waals surface area (Å²) in [6.07, 6.45) is 4.20. The fraction of sp³-hybridized carbons (Fsp3) is 0.316. The molecule has 0 bridgehead atoms. The molecule has 0 radical (unpaired) electrons. The highest BCUT2D eigenvalue weighted by Crippen LogP contribution is 2.18. The summed E-state index contributed by atoms with van der Waals surface area (Å²) in [6, 6.07) is 9.78. The maximum atomic E-state index is 12.7. The molecule has 0 aliphatic rings.